The van der Waals surface area contributed by atoms with E-state index in [1.54, 1.807) is 24.4 Å². The second kappa shape index (κ2) is 5.18. The number of phenolic OH excluding ortho intramolecular Hbond substituents is 1. The molecule has 1 aromatic heterocycles. The summed E-state index contributed by atoms with van der Waals surface area (Å²) in [7, 11) is 0. The molecule has 1 heterocycles. The Kier molecular flexibility index (Phi) is 3.62. The summed E-state index contributed by atoms with van der Waals surface area (Å²) in [5, 5.41) is 12.9. The van der Waals surface area contributed by atoms with Crippen LogP contribution in [0.25, 0.3) is 0 Å². The van der Waals surface area contributed by atoms with E-state index < -0.39 is 0 Å². The number of anilines is 1. The lowest BCUT2D eigenvalue weighted by molar-refractivity contribution is 0.102. The van der Waals surface area contributed by atoms with Crippen LogP contribution in [0, 0.1) is 6.92 Å². The van der Waals surface area contributed by atoms with Gasteiger partial charge in [-0.05, 0) is 37.1 Å². The van der Waals surface area contributed by atoms with Crippen LogP contribution in [0.15, 0.2) is 24.4 Å². The first-order valence-electron chi connectivity index (χ1n) is 5.66. The molecule has 1 aromatic carbocycles. The highest BCUT2D eigenvalue weighted by Gasteiger charge is 2.10. The van der Waals surface area contributed by atoms with Gasteiger partial charge in [-0.3, -0.25) is 10.1 Å². The maximum Gasteiger partial charge on any atom is 0.257 e. The number of aryl methyl sites for hydroxylation is 2. The summed E-state index contributed by atoms with van der Waals surface area (Å²) in [6.45, 7) is 3.87. The zero-order chi connectivity index (χ0) is 13.1. The van der Waals surface area contributed by atoms with Gasteiger partial charge in [-0.1, -0.05) is 6.92 Å². The molecule has 0 aliphatic rings. The third-order valence-electron chi connectivity index (χ3n) is 2.56. The Labute approximate surface area is 109 Å². The highest BCUT2D eigenvalue weighted by Crippen LogP contribution is 2.21. The predicted octanol–water partition coefficient (Wildman–Crippen LogP) is 2.97. The van der Waals surface area contributed by atoms with Gasteiger partial charge in [0.25, 0.3) is 5.91 Å². The van der Waals surface area contributed by atoms with Gasteiger partial charge in [0.2, 0.25) is 0 Å². The molecule has 0 radical (unpaired) electrons. The number of nitrogens with zero attached hydrogens (tertiary/aromatic N) is 1. The average Bonchev–Trinajstić information content (AvgIpc) is 2.75. The van der Waals surface area contributed by atoms with Crippen molar-refractivity contribution in [3.63, 3.8) is 0 Å². The zero-order valence-corrected chi connectivity index (χ0v) is 11.0. The molecule has 0 fully saturated rings. The maximum absolute atomic E-state index is 12.0. The number of benzene rings is 1. The summed E-state index contributed by atoms with van der Waals surface area (Å²) in [6.07, 6.45) is 2.40. The molecule has 2 aromatic rings. The first-order chi connectivity index (χ1) is 8.60. The fourth-order valence-corrected chi connectivity index (χ4v) is 2.25. The van der Waals surface area contributed by atoms with Crippen LogP contribution in [-0.4, -0.2) is 16.0 Å². The van der Waals surface area contributed by atoms with Crippen molar-refractivity contribution in [2.45, 2.75) is 20.3 Å². The number of hydrogen-bond donors (Lipinski definition) is 2. The van der Waals surface area contributed by atoms with E-state index in [2.05, 4.69) is 10.3 Å². The fourth-order valence-electron chi connectivity index (χ4n) is 1.59. The SMILES string of the molecule is CCc1cc(C(=O)Nc2ncc(C)s2)ccc1O. The normalized spacial score (nSPS) is 10.3. The van der Waals surface area contributed by atoms with E-state index in [0.29, 0.717) is 17.1 Å². The minimum atomic E-state index is -0.209. The number of hydrogen-bond acceptors (Lipinski definition) is 4. The predicted molar refractivity (Wildman–Crippen MR) is 72.3 cm³/mol. The lowest BCUT2D eigenvalue weighted by Gasteiger charge is -2.05. The lowest BCUT2D eigenvalue weighted by Crippen LogP contribution is -2.11. The Hall–Kier alpha value is -1.88. The van der Waals surface area contributed by atoms with E-state index in [-0.39, 0.29) is 11.7 Å². The molecule has 94 valence electrons. The van der Waals surface area contributed by atoms with Gasteiger partial charge in [0.15, 0.2) is 5.13 Å². The summed E-state index contributed by atoms with van der Waals surface area (Å²) < 4.78 is 0. The van der Waals surface area contributed by atoms with E-state index in [9.17, 15) is 9.90 Å². The van der Waals surface area contributed by atoms with Crippen molar-refractivity contribution in [3.8, 4) is 5.75 Å². The van der Waals surface area contributed by atoms with E-state index in [4.69, 9.17) is 0 Å². The Morgan fingerprint density at radius 2 is 2.28 bits per heavy atom. The molecule has 0 aliphatic heterocycles. The van der Waals surface area contributed by atoms with Crippen LogP contribution in [0.5, 0.6) is 5.75 Å². The molecule has 18 heavy (non-hydrogen) atoms. The largest absolute Gasteiger partial charge is 0.508 e. The third kappa shape index (κ3) is 2.68. The van der Waals surface area contributed by atoms with Crippen LogP contribution in [0.3, 0.4) is 0 Å². The van der Waals surface area contributed by atoms with Crippen LogP contribution in [0.2, 0.25) is 0 Å². The Balaban J connectivity index is 2.18. The summed E-state index contributed by atoms with van der Waals surface area (Å²) in [5.41, 5.74) is 1.29. The minimum Gasteiger partial charge on any atom is -0.508 e. The first-order valence-corrected chi connectivity index (χ1v) is 6.47. The van der Waals surface area contributed by atoms with Gasteiger partial charge in [-0.25, -0.2) is 4.98 Å². The van der Waals surface area contributed by atoms with Crippen LogP contribution in [0.1, 0.15) is 27.7 Å². The number of carbonyl (C=O) groups is 1. The summed E-state index contributed by atoms with van der Waals surface area (Å²) in [5.74, 6) is 0.0122. The summed E-state index contributed by atoms with van der Waals surface area (Å²) >= 11 is 1.43. The van der Waals surface area contributed by atoms with Crippen LogP contribution in [0.4, 0.5) is 5.13 Å². The van der Waals surface area contributed by atoms with Gasteiger partial charge in [0.05, 0.1) is 0 Å². The van der Waals surface area contributed by atoms with Crippen molar-refractivity contribution in [2.75, 3.05) is 5.32 Å². The smallest absolute Gasteiger partial charge is 0.257 e. The van der Waals surface area contributed by atoms with Crippen molar-refractivity contribution in [2.24, 2.45) is 0 Å². The van der Waals surface area contributed by atoms with Crippen LogP contribution in [-0.2, 0) is 6.42 Å². The number of aromatic nitrogens is 1. The Bertz CT molecular complexity index is 578. The van der Waals surface area contributed by atoms with Gasteiger partial charge in [-0.15, -0.1) is 11.3 Å². The minimum absolute atomic E-state index is 0.209. The number of nitrogens with one attached hydrogen (secondary N) is 1. The number of phenols is 1. The monoisotopic (exact) mass is 262 g/mol. The number of thiazole rings is 1. The molecule has 0 saturated heterocycles. The van der Waals surface area contributed by atoms with Gasteiger partial charge in [-0.2, -0.15) is 0 Å². The van der Waals surface area contributed by atoms with Gasteiger partial charge < -0.3 is 5.11 Å². The quantitative estimate of drug-likeness (QED) is 0.894. The molecule has 1 amide bonds. The van der Waals surface area contributed by atoms with Crippen LogP contribution < -0.4 is 5.32 Å². The van der Waals surface area contributed by atoms with Gasteiger partial charge in [0.1, 0.15) is 5.75 Å². The first kappa shape index (κ1) is 12.6. The van der Waals surface area contributed by atoms with Crippen molar-refractivity contribution in [3.05, 3.63) is 40.4 Å². The highest BCUT2D eigenvalue weighted by molar-refractivity contribution is 7.15. The van der Waals surface area contributed by atoms with Crippen LogP contribution >= 0.6 is 11.3 Å². The molecule has 0 spiro atoms. The third-order valence-corrected chi connectivity index (χ3v) is 3.39. The summed E-state index contributed by atoms with van der Waals surface area (Å²) in [4.78, 5) is 17.1. The van der Waals surface area contributed by atoms with Crippen molar-refractivity contribution in [1.82, 2.24) is 4.98 Å². The maximum atomic E-state index is 12.0. The molecule has 5 heteroatoms. The van der Waals surface area contributed by atoms with E-state index >= 15 is 0 Å². The highest BCUT2D eigenvalue weighted by atomic mass is 32.1. The number of aromatic hydroxyl groups is 1. The fraction of sp³-hybridized carbons (Fsp3) is 0.231. The average molecular weight is 262 g/mol. The topological polar surface area (TPSA) is 62.2 Å². The van der Waals surface area contributed by atoms with Gasteiger partial charge in [0, 0.05) is 16.6 Å². The molecule has 2 rings (SSSR count). The summed E-state index contributed by atoms with van der Waals surface area (Å²) in [6, 6.07) is 4.84. The van der Waals surface area contributed by atoms with E-state index in [0.717, 1.165) is 10.4 Å². The second-order valence-corrected chi connectivity index (χ2v) is 5.16. The van der Waals surface area contributed by atoms with E-state index in [1.165, 1.54) is 11.3 Å². The Morgan fingerprint density at radius 3 is 2.89 bits per heavy atom. The number of rotatable bonds is 3. The van der Waals surface area contributed by atoms with E-state index in [1.807, 2.05) is 13.8 Å². The van der Waals surface area contributed by atoms with Crippen molar-refractivity contribution >= 4 is 22.4 Å². The molecule has 4 nitrogen and oxygen atoms in total. The zero-order valence-electron chi connectivity index (χ0n) is 10.2. The Morgan fingerprint density at radius 1 is 1.50 bits per heavy atom. The number of amides is 1. The van der Waals surface area contributed by atoms with Crippen molar-refractivity contribution in [1.29, 1.82) is 0 Å². The molecule has 0 aliphatic carbocycles. The molecule has 0 unspecified atom stereocenters. The van der Waals surface area contributed by atoms with Crippen molar-refractivity contribution < 1.29 is 9.90 Å². The van der Waals surface area contributed by atoms with Gasteiger partial charge >= 0.3 is 0 Å². The molecule has 0 saturated carbocycles. The molecule has 0 bridgehead atoms. The standard InChI is InChI=1S/C13H14N2O2S/c1-3-9-6-10(4-5-11(9)16)12(17)15-13-14-7-8(2)18-13/h4-7,16H,3H2,1-2H3,(H,14,15,17). The molecule has 2 N–H and O–H groups in total. The molecular formula is C13H14N2O2S. The molecule has 0 atom stereocenters. The molecular weight excluding hydrogens is 248 g/mol. The second-order valence-electron chi connectivity index (χ2n) is 3.93. The number of carbonyl (C=O) groups excluding carboxylic acids is 1. The lowest BCUT2D eigenvalue weighted by atomic mass is 10.1.